The number of para-hydroxylation sites is 2. The van der Waals surface area contributed by atoms with E-state index in [1.54, 1.807) is 0 Å². The van der Waals surface area contributed by atoms with E-state index in [2.05, 4.69) is 15.6 Å². The molecular formula is C10H14ClN3. The van der Waals surface area contributed by atoms with Crippen LogP contribution in [0.5, 0.6) is 0 Å². The number of hydrogen-bond acceptors (Lipinski definition) is 2. The van der Waals surface area contributed by atoms with Gasteiger partial charge in [0.1, 0.15) is 5.82 Å². The molecule has 2 N–H and O–H groups in total. The molecule has 1 aromatic carbocycles. The molecule has 0 fully saturated rings. The molecule has 0 bridgehead atoms. The van der Waals surface area contributed by atoms with Crippen molar-refractivity contribution in [1.29, 1.82) is 0 Å². The van der Waals surface area contributed by atoms with Gasteiger partial charge in [0.15, 0.2) is 0 Å². The number of nitrogens with zero attached hydrogens (tertiary/aromatic N) is 2. The molecule has 0 radical (unpaired) electrons. The van der Waals surface area contributed by atoms with Crippen molar-refractivity contribution in [3.05, 3.63) is 30.1 Å². The van der Waals surface area contributed by atoms with Gasteiger partial charge in [-0.05, 0) is 19.1 Å². The Morgan fingerprint density at radius 3 is 2.79 bits per heavy atom. The predicted octanol–water partition coefficient (Wildman–Crippen LogP) is 1.73. The maximum absolute atomic E-state index is 5.53. The molecule has 1 heterocycles. The summed E-state index contributed by atoms with van der Waals surface area (Å²) in [6.45, 7) is 3.50. The molecule has 0 saturated carbocycles. The van der Waals surface area contributed by atoms with E-state index < -0.39 is 0 Å². The molecule has 0 unspecified atom stereocenters. The molecule has 0 saturated heterocycles. The Kier molecular flexibility index (Phi) is 3.49. The number of hydrogen-bond donors (Lipinski definition) is 1. The minimum atomic E-state index is 0. The van der Waals surface area contributed by atoms with Crippen LogP contribution in [-0.2, 0) is 6.54 Å². The highest BCUT2D eigenvalue weighted by Gasteiger charge is 2.04. The summed E-state index contributed by atoms with van der Waals surface area (Å²) in [4.78, 5) is 4.44. The summed E-state index contributed by atoms with van der Waals surface area (Å²) in [7, 11) is 0. The SMILES string of the molecule is Cc1nc2ccccc2n1CCN.Cl. The molecule has 0 atom stereocenters. The third kappa shape index (κ3) is 1.74. The summed E-state index contributed by atoms with van der Waals surface area (Å²) in [6.07, 6.45) is 0. The average molecular weight is 212 g/mol. The van der Waals surface area contributed by atoms with Crippen LogP contribution in [0.25, 0.3) is 11.0 Å². The third-order valence-electron chi connectivity index (χ3n) is 2.20. The van der Waals surface area contributed by atoms with Crippen molar-refractivity contribution in [3.63, 3.8) is 0 Å². The fourth-order valence-electron chi connectivity index (χ4n) is 1.61. The van der Waals surface area contributed by atoms with Crippen molar-refractivity contribution >= 4 is 23.4 Å². The van der Waals surface area contributed by atoms with Crippen LogP contribution in [0.2, 0.25) is 0 Å². The number of rotatable bonds is 2. The van der Waals surface area contributed by atoms with Crippen molar-refractivity contribution in [2.24, 2.45) is 5.73 Å². The minimum Gasteiger partial charge on any atom is -0.329 e. The number of imidazole rings is 1. The summed E-state index contributed by atoms with van der Waals surface area (Å²) < 4.78 is 2.15. The van der Waals surface area contributed by atoms with E-state index in [0.29, 0.717) is 6.54 Å². The van der Waals surface area contributed by atoms with E-state index in [1.807, 2.05) is 25.1 Å². The van der Waals surface area contributed by atoms with Crippen LogP contribution in [0, 0.1) is 6.92 Å². The highest BCUT2D eigenvalue weighted by atomic mass is 35.5. The Labute approximate surface area is 89.3 Å². The van der Waals surface area contributed by atoms with Crippen molar-refractivity contribution in [1.82, 2.24) is 9.55 Å². The van der Waals surface area contributed by atoms with E-state index in [9.17, 15) is 0 Å². The van der Waals surface area contributed by atoms with Gasteiger partial charge >= 0.3 is 0 Å². The normalized spacial score (nSPS) is 10.1. The van der Waals surface area contributed by atoms with Gasteiger partial charge in [-0.1, -0.05) is 12.1 Å². The number of nitrogens with two attached hydrogens (primary N) is 1. The van der Waals surface area contributed by atoms with Crippen molar-refractivity contribution in [3.8, 4) is 0 Å². The van der Waals surface area contributed by atoms with E-state index >= 15 is 0 Å². The van der Waals surface area contributed by atoms with Gasteiger partial charge in [0.05, 0.1) is 11.0 Å². The molecule has 0 aliphatic heterocycles. The zero-order valence-corrected chi connectivity index (χ0v) is 8.92. The Balaban J connectivity index is 0.000000980. The van der Waals surface area contributed by atoms with Gasteiger partial charge in [-0.2, -0.15) is 0 Å². The summed E-state index contributed by atoms with van der Waals surface area (Å²) in [6, 6.07) is 8.12. The largest absolute Gasteiger partial charge is 0.329 e. The summed E-state index contributed by atoms with van der Waals surface area (Å²) in [5.74, 6) is 1.03. The molecule has 1 aromatic heterocycles. The third-order valence-corrected chi connectivity index (χ3v) is 2.20. The first-order valence-corrected chi connectivity index (χ1v) is 4.45. The summed E-state index contributed by atoms with van der Waals surface area (Å²) >= 11 is 0. The van der Waals surface area contributed by atoms with Gasteiger partial charge in [0.25, 0.3) is 0 Å². The second kappa shape index (κ2) is 4.44. The van der Waals surface area contributed by atoms with Crippen LogP contribution < -0.4 is 5.73 Å². The lowest BCUT2D eigenvalue weighted by Crippen LogP contribution is -2.10. The fraction of sp³-hybridized carbons (Fsp3) is 0.300. The second-order valence-corrected chi connectivity index (χ2v) is 3.09. The van der Waals surface area contributed by atoms with E-state index in [-0.39, 0.29) is 12.4 Å². The maximum atomic E-state index is 5.53. The van der Waals surface area contributed by atoms with Crippen molar-refractivity contribution in [2.45, 2.75) is 13.5 Å². The zero-order chi connectivity index (χ0) is 9.26. The lowest BCUT2D eigenvalue weighted by molar-refractivity contribution is 0.703. The molecule has 14 heavy (non-hydrogen) atoms. The molecule has 0 spiro atoms. The van der Waals surface area contributed by atoms with E-state index in [4.69, 9.17) is 5.73 Å². The lowest BCUT2D eigenvalue weighted by Gasteiger charge is -2.03. The van der Waals surface area contributed by atoms with Gasteiger partial charge in [-0.15, -0.1) is 12.4 Å². The Hall–Kier alpha value is -1.06. The monoisotopic (exact) mass is 211 g/mol. The first-order chi connectivity index (χ1) is 6.33. The van der Waals surface area contributed by atoms with Gasteiger partial charge in [0.2, 0.25) is 0 Å². The number of fused-ring (bicyclic) bond motifs is 1. The van der Waals surface area contributed by atoms with Crippen molar-refractivity contribution < 1.29 is 0 Å². The fourth-order valence-corrected chi connectivity index (χ4v) is 1.61. The first kappa shape index (κ1) is 11.0. The van der Waals surface area contributed by atoms with E-state index in [0.717, 1.165) is 17.9 Å². The molecule has 2 rings (SSSR count). The van der Waals surface area contributed by atoms with Gasteiger partial charge in [0, 0.05) is 13.1 Å². The standard InChI is InChI=1S/C10H13N3.ClH/c1-8-12-9-4-2-3-5-10(9)13(8)7-6-11;/h2-5H,6-7,11H2,1H3;1H. The van der Waals surface area contributed by atoms with Gasteiger partial charge < -0.3 is 10.3 Å². The van der Waals surface area contributed by atoms with Crippen LogP contribution in [0.3, 0.4) is 0 Å². The summed E-state index contributed by atoms with van der Waals surface area (Å²) in [5.41, 5.74) is 7.75. The smallest absolute Gasteiger partial charge is 0.106 e. The van der Waals surface area contributed by atoms with Crippen LogP contribution >= 0.6 is 12.4 Å². The molecular weight excluding hydrogens is 198 g/mol. The zero-order valence-electron chi connectivity index (χ0n) is 8.10. The molecule has 0 amide bonds. The molecule has 2 aromatic rings. The number of benzene rings is 1. The maximum Gasteiger partial charge on any atom is 0.106 e. The lowest BCUT2D eigenvalue weighted by atomic mass is 10.3. The quantitative estimate of drug-likeness (QED) is 0.822. The summed E-state index contributed by atoms with van der Waals surface area (Å²) in [5, 5.41) is 0. The first-order valence-electron chi connectivity index (χ1n) is 4.45. The molecule has 0 aliphatic rings. The number of aryl methyl sites for hydroxylation is 1. The second-order valence-electron chi connectivity index (χ2n) is 3.09. The Morgan fingerprint density at radius 2 is 2.07 bits per heavy atom. The molecule has 4 heteroatoms. The van der Waals surface area contributed by atoms with Crippen LogP contribution in [0.15, 0.2) is 24.3 Å². The highest BCUT2D eigenvalue weighted by molar-refractivity contribution is 5.85. The number of aromatic nitrogens is 2. The van der Waals surface area contributed by atoms with E-state index in [1.165, 1.54) is 5.52 Å². The van der Waals surface area contributed by atoms with Crippen LogP contribution in [-0.4, -0.2) is 16.1 Å². The van der Waals surface area contributed by atoms with Crippen LogP contribution in [0.1, 0.15) is 5.82 Å². The van der Waals surface area contributed by atoms with Gasteiger partial charge in [-0.3, -0.25) is 0 Å². The van der Waals surface area contributed by atoms with Crippen molar-refractivity contribution in [2.75, 3.05) is 6.54 Å². The van der Waals surface area contributed by atoms with Gasteiger partial charge in [-0.25, -0.2) is 4.98 Å². The molecule has 76 valence electrons. The molecule has 3 nitrogen and oxygen atoms in total. The van der Waals surface area contributed by atoms with Crippen LogP contribution in [0.4, 0.5) is 0 Å². The minimum absolute atomic E-state index is 0. The topological polar surface area (TPSA) is 43.8 Å². The number of halogens is 1. The Morgan fingerprint density at radius 1 is 1.36 bits per heavy atom. The predicted molar refractivity (Wildman–Crippen MR) is 60.8 cm³/mol. The Bertz CT molecular complexity index is 422. The average Bonchev–Trinajstić information content (AvgIpc) is 2.44. The highest BCUT2D eigenvalue weighted by Crippen LogP contribution is 2.14. The molecule has 0 aliphatic carbocycles.